The minimum atomic E-state index is -0.826. The first-order chi connectivity index (χ1) is 11.0. The third-order valence-electron chi connectivity index (χ3n) is 4.52. The molecule has 2 unspecified atom stereocenters. The van der Waals surface area contributed by atoms with Crippen LogP contribution in [0.15, 0.2) is 30.3 Å². The van der Waals surface area contributed by atoms with Crippen LogP contribution in [0, 0.1) is 5.92 Å². The number of nitrogens with one attached hydrogen (secondary N) is 1. The molecule has 1 amide bonds. The zero-order chi connectivity index (χ0) is 16.7. The van der Waals surface area contributed by atoms with Gasteiger partial charge in [-0.05, 0) is 25.3 Å². The van der Waals surface area contributed by atoms with Gasteiger partial charge >= 0.3 is 5.97 Å². The van der Waals surface area contributed by atoms with Crippen LogP contribution in [0.5, 0.6) is 0 Å². The third kappa shape index (κ3) is 5.06. The molecule has 2 atom stereocenters. The van der Waals surface area contributed by atoms with E-state index < -0.39 is 17.4 Å². The van der Waals surface area contributed by atoms with Crippen LogP contribution in [0.3, 0.4) is 0 Å². The molecule has 5 heteroatoms. The molecule has 1 aromatic rings. The molecular formula is C18H25NO4. The molecule has 0 heterocycles. The molecule has 1 aliphatic carbocycles. The normalized spacial score (nSPS) is 24.1. The molecule has 1 aromatic carbocycles. The number of benzene rings is 1. The van der Waals surface area contributed by atoms with E-state index in [2.05, 4.69) is 5.32 Å². The van der Waals surface area contributed by atoms with Gasteiger partial charge in [-0.3, -0.25) is 9.59 Å². The Labute approximate surface area is 137 Å². The van der Waals surface area contributed by atoms with Gasteiger partial charge < -0.3 is 15.2 Å². The maximum Gasteiger partial charge on any atom is 0.308 e. The molecule has 23 heavy (non-hydrogen) atoms. The number of hydrogen-bond donors (Lipinski definition) is 2. The molecule has 126 valence electrons. The standard InChI is InChI=1S/C18H25NO4/c1-18(11-6-5-9-15(18)17(21)22)19-16(20)10-12-23-13-14-7-3-2-4-8-14/h2-4,7-8,15H,5-6,9-13H2,1H3,(H,19,20)(H,21,22). The van der Waals surface area contributed by atoms with Crippen molar-refractivity contribution >= 4 is 11.9 Å². The summed E-state index contributed by atoms with van der Waals surface area (Å²) in [4.78, 5) is 23.5. The number of carboxylic acid groups (broad SMARTS) is 1. The predicted octanol–water partition coefficient (Wildman–Crippen LogP) is 2.74. The molecule has 0 spiro atoms. The van der Waals surface area contributed by atoms with Gasteiger partial charge in [-0.25, -0.2) is 0 Å². The van der Waals surface area contributed by atoms with Crippen LogP contribution in [0.2, 0.25) is 0 Å². The van der Waals surface area contributed by atoms with Gasteiger partial charge in [-0.1, -0.05) is 43.2 Å². The first kappa shape index (κ1) is 17.5. The Hall–Kier alpha value is -1.88. The van der Waals surface area contributed by atoms with E-state index >= 15 is 0 Å². The van der Waals surface area contributed by atoms with Gasteiger partial charge in [-0.15, -0.1) is 0 Å². The average molecular weight is 319 g/mol. The van der Waals surface area contributed by atoms with Crippen molar-refractivity contribution in [2.24, 2.45) is 5.92 Å². The number of hydrogen-bond acceptors (Lipinski definition) is 3. The minimum Gasteiger partial charge on any atom is -0.481 e. The summed E-state index contributed by atoms with van der Waals surface area (Å²) in [6.45, 7) is 2.64. The van der Waals surface area contributed by atoms with Gasteiger partial charge in [0.2, 0.25) is 5.91 Å². The quantitative estimate of drug-likeness (QED) is 0.758. The van der Waals surface area contributed by atoms with Crippen molar-refractivity contribution in [1.29, 1.82) is 0 Å². The highest BCUT2D eigenvalue weighted by Crippen LogP contribution is 2.33. The fourth-order valence-electron chi connectivity index (χ4n) is 3.19. The van der Waals surface area contributed by atoms with Crippen LogP contribution < -0.4 is 5.32 Å². The lowest BCUT2D eigenvalue weighted by Crippen LogP contribution is -2.55. The average Bonchev–Trinajstić information content (AvgIpc) is 2.52. The summed E-state index contributed by atoms with van der Waals surface area (Å²) < 4.78 is 5.51. The number of rotatable bonds is 7. The maximum atomic E-state index is 12.1. The molecule has 0 bridgehead atoms. The molecule has 1 fully saturated rings. The van der Waals surface area contributed by atoms with Crippen molar-refractivity contribution in [2.45, 2.75) is 51.2 Å². The Morgan fingerprint density at radius 2 is 2.04 bits per heavy atom. The zero-order valence-electron chi connectivity index (χ0n) is 13.6. The Kier molecular flexibility index (Phi) is 6.16. The first-order valence-corrected chi connectivity index (χ1v) is 8.17. The molecule has 0 aromatic heterocycles. The summed E-state index contributed by atoms with van der Waals surface area (Å²) in [5, 5.41) is 12.3. The minimum absolute atomic E-state index is 0.145. The Morgan fingerprint density at radius 3 is 2.74 bits per heavy atom. The monoisotopic (exact) mass is 319 g/mol. The lowest BCUT2D eigenvalue weighted by atomic mass is 9.74. The summed E-state index contributed by atoms with van der Waals surface area (Å²) in [5.41, 5.74) is 0.415. The molecule has 0 aliphatic heterocycles. The molecular weight excluding hydrogens is 294 g/mol. The first-order valence-electron chi connectivity index (χ1n) is 8.17. The van der Waals surface area contributed by atoms with Crippen LogP contribution in [-0.4, -0.2) is 29.1 Å². The van der Waals surface area contributed by atoms with Crippen LogP contribution in [0.25, 0.3) is 0 Å². The maximum absolute atomic E-state index is 12.1. The van der Waals surface area contributed by atoms with Crippen LogP contribution >= 0.6 is 0 Å². The molecule has 5 nitrogen and oxygen atoms in total. The lowest BCUT2D eigenvalue weighted by Gasteiger charge is -2.39. The number of carbonyl (C=O) groups excluding carboxylic acids is 1. The largest absolute Gasteiger partial charge is 0.481 e. The molecule has 0 saturated heterocycles. The Morgan fingerprint density at radius 1 is 1.30 bits per heavy atom. The zero-order valence-corrected chi connectivity index (χ0v) is 13.6. The van der Waals surface area contributed by atoms with E-state index in [1.54, 1.807) is 0 Å². The third-order valence-corrected chi connectivity index (χ3v) is 4.52. The van der Waals surface area contributed by atoms with Crippen molar-refractivity contribution < 1.29 is 19.4 Å². The summed E-state index contributed by atoms with van der Waals surface area (Å²) in [7, 11) is 0. The van der Waals surface area contributed by atoms with E-state index in [0.717, 1.165) is 18.4 Å². The summed E-state index contributed by atoms with van der Waals surface area (Å²) in [5.74, 6) is -1.48. The fourth-order valence-corrected chi connectivity index (χ4v) is 3.19. The van der Waals surface area contributed by atoms with Gasteiger partial charge in [0.1, 0.15) is 0 Å². The molecule has 0 radical (unpaired) electrons. The van der Waals surface area contributed by atoms with Gasteiger partial charge in [0.05, 0.1) is 24.7 Å². The second kappa shape index (κ2) is 8.11. The van der Waals surface area contributed by atoms with Crippen LogP contribution in [0.1, 0.15) is 44.6 Å². The van der Waals surface area contributed by atoms with Gasteiger partial charge in [0, 0.05) is 6.42 Å². The number of carboxylic acids is 1. The van der Waals surface area contributed by atoms with E-state index in [9.17, 15) is 14.7 Å². The van der Waals surface area contributed by atoms with Gasteiger partial charge in [-0.2, -0.15) is 0 Å². The van der Waals surface area contributed by atoms with E-state index in [0.29, 0.717) is 26.1 Å². The number of amides is 1. The topological polar surface area (TPSA) is 75.6 Å². The highest BCUT2D eigenvalue weighted by Gasteiger charge is 2.41. The molecule has 2 rings (SSSR count). The summed E-state index contributed by atoms with van der Waals surface area (Å²) in [6.07, 6.45) is 3.43. The van der Waals surface area contributed by atoms with E-state index in [1.807, 2.05) is 37.3 Å². The SMILES string of the molecule is CC1(NC(=O)CCOCc2ccccc2)CCCCC1C(=O)O. The molecule has 1 saturated carbocycles. The van der Waals surface area contributed by atoms with Crippen LogP contribution in [-0.2, 0) is 20.9 Å². The van der Waals surface area contributed by atoms with Crippen molar-refractivity contribution in [3.8, 4) is 0 Å². The van der Waals surface area contributed by atoms with Gasteiger partial charge in [0.25, 0.3) is 0 Å². The fraction of sp³-hybridized carbons (Fsp3) is 0.556. The predicted molar refractivity (Wildman–Crippen MR) is 86.9 cm³/mol. The Bertz CT molecular complexity index is 531. The molecule has 1 aliphatic rings. The smallest absolute Gasteiger partial charge is 0.308 e. The van der Waals surface area contributed by atoms with Crippen molar-refractivity contribution in [3.05, 3.63) is 35.9 Å². The lowest BCUT2D eigenvalue weighted by molar-refractivity contribution is -0.146. The number of ether oxygens (including phenoxy) is 1. The van der Waals surface area contributed by atoms with E-state index in [1.165, 1.54) is 0 Å². The summed E-state index contributed by atoms with van der Waals surface area (Å²) in [6, 6.07) is 9.78. The summed E-state index contributed by atoms with van der Waals surface area (Å²) >= 11 is 0. The van der Waals surface area contributed by atoms with Crippen molar-refractivity contribution in [3.63, 3.8) is 0 Å². The second-order valence-electron chi connectivity index (χ2n) is 6.39. The molecule has 2 N–H and O–H groups in total. The highest BCUT2D eigenvalue weighted by molar-refractivity contribution is 5.79. The van der Waals surface area contributed by atoms with E-state index in [-0.39, 0.29) is 12.3 Å². The number of aliphatic carboxylic acids is 1. The van der Waals surface area contributed by atoms with Gasteiger partial charge in [0.15, 0.2) is 0 Å². The van der Waals surface area contributed by atoms with Crippen molar-refractivity contribution in [1.82, 2.24) is 5.32 Å². The second-order valence-corrected chi connectivity index (χ2v) is 6.39. The van der Waals surface area contributed by atoms with E-state index in [4.69, 9.17) is 4.74 Å². The highest BCUT2D eigenvalue weighted by atomic mass is 16.5. The Balaban J connectivity index is 1.76. The number of carbonyl (C=O) groups is 2. The van der Waals surface area contributed by atoms with Crippen LogP contribution in [0.4, 0.5) is 0 Å². The van der Waals surface area contributed by atoms with Crippen molar-refractivity contribution in [2.75, 3.05) is 6.61 Å².